The maximum atomic E-state index is 12.5. The van der Waals surface area contributed by atoms with Crippen LogP contribution in [-0.2, 0) is 6.54 Å². The Morgan fingerprint density at radius 2 is 2.10 bits per heavy atom. The van der Waals surface area contributed by atoms with Crippen molar-refractivity contribution < 1.29 is 4.79 Å². The van der Waals surface area contributed by atoms with Gasteiger partial charge in [0.05, 0.1) is 12.4 Å². The topological polar surface area (TPSA) is 59.0 Å². The van der Waals surface area contributed by atoms with Crippen LogP contribution in [-0.4, -0.2) is 31.8 Å². The summed E-state index contributed by atoms with van der Waals surface area (Å²) in [5.74, 6) is -0.196. The molecule has 0 aromatic carbocycles. The number of carbonyl (C=O) groups is 1. The summed E-state index contributed by atoms with van der Waals surface area (Å²) in [6, 6.07) is 3.81. The fourth-order valence-corrected chi connectivity index (χ4v) is 1.92. The first-order valence-electron chi connectivity index (χ1n) is 6.25. The number of halogens is 1. The molecule has 0 N–H and O–H groups in total. The summed E-state index contributed by atoms with van der Waals surface area (Å²) in [5.41, 5.74) is 1.21. The molecule has 5 nitrogen and oxygen atoms in total. The van der Waals surface area contributed by atoms with Crippen molar-refractivity contribution in [1.82, 2.24) is 19.9 Å². The van der Waals surface area contributed by atoms with Gasteiger partial charge in [0, 0.05) is 25.0 Å². The third kappa shape index (κ3) is 3.51. The summed E-state index contributed by atoms with van der Waals surface area (Å²) in [4.78, 5) is 26.2. The third-order valence-electron chi connectivity index (χ3n) is 2.78. The number of pyridine rings is 1. The van der Waals surface area contributed by atoms with E-state index in [2.05, 4.69) is 15.0 Å². The van der Waals surface area contributed by atoms with Gasteiger partial charge in [-0.15, -0.1) is 0 Å². The lowest BCUT2D eigenvalue weighted by molar-refractivity contribution is 0.0683. The maximum Gasteiger partial charge on any atom is 0.274 e. The van der Waals surface area contributed by atoms with Crippen LogP contribution in [0.3, 0.4) is 0 Å². The van der Waals surface area contributed by atoms with E-state index >= 15 is 0 Å². The van der Waals surface area contributed by atoms with Crippen molar-refractivity contribution in [2.75, 3.05) is 0 Å². The largest absolute Gasteiger partial charge is 0.330 e. The standard InChI is InChI=1S/C14H15ClN4O/c1-10(2)19(9-11-4-3-5-16-6-11)14(20)12-7-17-8-13(15)18-12/h3-8,10H,9H2,1-2H3. The average molecular weight is 291 g/mol. The minimum Gasteiger partial charge on any atom is -0.330 e. The Morgan fingerprint density at radius 3 is 2.70 bits per heavy atom. The number of carbonyl (C=O) groups excluding carboxylic acids is 1. The van der Waals surface area contributed by atoms with Gasteiger partial charge in [-0.2, -0.15) is 0 Å². The Hall–Kier alpha value is -2.01. The fourth-order valence-electron chi connectivity index (χ4n) is 1.77. The van der Waals surface area contributed by atoms with Crippen molar-refractivity contribution in [2.24, 2.45) is 0 Å². The SMILES string of the molecule is CC(C)N(Cc1cccnc1)C(=O)c1cncc(Cl)n1. The molecule has 0 saturated heterocycles. The van der Waals surface area contributed by atoms with Crippen molar-refractivity contribution in [2.45, 2.75) is 26.4 Å². The zero-order chi connectivity index (χ0) is 14.5. The van der Waals surface area contributed by atoms with Crippen molar-refractivity contribution in [3.63, 3.8) is 0 Å². The molecule has 0 aliphatic carbocycles. The lowest BCUT2D eigenvalue weighted by Crippen LogP contribution is -2.37. The number of hydrogen-bond acceptors (Lipinski definition) is 4. The zero-order valence-corrected chi connectivity index (χ0v) is 12.1. The molecule has 6 heteroatoms. The molecule has 0 aliphatic heterocycles. The van der Waals surface area contributed by atoms with Crippen molar-refractivity contribution in [3.05, 3.63) is 53.3 Å². The van der Waals surface area contributed by atoms with E-state index in [1.807, 2.05) is 26.0 Å². The van der Waals surface area contributed by atoms with Gasteiger partial charge in [0.2, 0.25) is 0 Å². The van der Waals surface area contributed by atoms with Crippen molar-refractivity contribution in [3.8, 4) is 0 Å². The van der Waals surface area contributed by atoms with Crippen LogP contribution >= 0.6 is 11.6 Å². The third-order valence-corrected chi connectivity index (χ3v) is 2.97. The Balaban J connectivity index is 2.23. The van der Waals surface area contributed by atoms with Gasteiger partial charge < -0.3 is 4.90 Å². The van der Waals surface area contributed by atoms with Crippen LogP contribution < -0.4 is 0 Å². The summed E-state index contributed by atoms with van der Waals surface area (Å²) in [6.45, 7) is 4.37. The first kappa shape index (κ1) is 14.4. The van der Waals surface area contributed by atoms with Gasteiger partial charge in [-0.25, -0.2) is 4.98 Å². The molecule has 0 atom stereocenters. The second-order valence-electron chi connectivity index (χ2n) is 4.62. The van der Waals surface area contributed by atoms with Gasteiger partial charge in [0.15, 0.2) is 0 Å². The van der Waals surface area contributed by atoms with E-state index in [-0.39, 0.29) is 22.8 Å². The molecular weight excluding hydrogens is 276 g/mol. The summed E-state index contributed by atoms with van der Waals surface area (Å²) < 4.78 is 0. The van der Waals surface area contributed by atoms with Crippen LogP contribution in [0.1, 0.15) is 29.9 Å². The summed E-state index contributed by atoms with van der Waals surface area (Å²) in [5, 5.41) is 0.209. The molecular formula is C14H15ClN4O. The Morgan fingerprint density at radius 1 is 1.30 bits per heavy atom. The minimum absolute atomic E-state index is 0.0310. The van der Waals surface area contributed by atoms with Gasteiger partial charge in [0.25, 0.3) is 5.91 Å². The highest BCUT2D eigenvalue weighted by atomic mass is 35.5. The molecule has 0 fully saturated rings. The van der Waals surface area contributed by atoms with E-state index in [4.69, 9.17) is 11.6 Å². The Kier molecular flexibility index (Phi) is 4.63. The van der Waals surface area contributed by atoms with E-state index in [1.165, 1.54) is 12.4 Å². The lowest BCUT2D eigenvalue weighted by Gasteiger charge is -2.26. The number of rotatable bonds is 4. The highest BCUT2D eigenvalue weighted by molar-refractivity contribution is 6.29. The van der Waals surface area contributed by atoms with E-state index in [1.54, 1.807) is 17.3 Å². The quantitative estimate of drug-likeness (QED) is 0.868. The molecule has 2 aromatic rings. The second kappa shape index (κ2) is 6.43. The van der Waals surface area contributed by atoms with Gasteiger partial charge >= 0.3 is 0 Å². The predicted molar refractivity (Wildman–Crippen MR) is 76.3 cm³/mol. The van der Waals surface area contributed by atoms with E-state index in [0.717, 1.165) is 5.56 Å². The Labute approximate surface area is 122 Å². The van der Waals surface area contributed by atoms with Crippen LogP contribution in [0, 0.1) is 0 Å². The van der Waals surface area contributed by atoms with Crippen LogP contribution in [0.25, 0.3) is 0 Å². The number of amides is 1. The second-order valence-corrected chi connectivity index (χ2v) is 5.00. The highest BCUT2D eigenvalue weighted by Crippen LogP contribution is 2.12. The average Bonchev–Trinajstić information content (AvgIpc) is 2.45. The molecule has 0 bridgehead atoms. The zero-order valence-electron chi connectivity index (χ0n) is 11.3. The first-order chi connectivity index (χ1) is 9.58. The molecule has 2 rings (SSSR count). The number of aromatic nitrogens is 3. The summed E-state index contributed by atoms with van der Waals surface area (Å²) in [7, 11) is 0. The molecule has 0 spiro atoms. The van der Waals surface area contributed by atoms with Gasteiger partial charge in [0.1, 0.15) is 10.8 Å². The van der Waals surface area contributed by atoms with Crippen LogP contribution in [0.5, 0.6) is 0 Å². The smallest absolute Gasteiger partial charge is 0.274 e. The van der Waals surface area contributed by atoms with Crippen LogP contribution in [0.15, 0.2) is 36.9 Å². The Bertz CT molecular complexity index is 589. The number of nitrogens with zero attached hydrogens (tertiary/aromatic N) is 4. The van der Waals surface area contributed by atoms with E-state index < -0.39 is 0 Å². The molecule has 0 aliphatic rings. The summed E-state index contributed by atoms with van der Waals surface area (Å²) in [6.07, 6.45) is 6.27. The molecule has 104 valence electrons. The minimum atomic E-state index is -0.196. The van der Waals surface area contributed by atoms with E-state index in [0.29, 0.717) is 6.54 Å². The molecule has 1 amide bonds. The highest BCUT2D eigenvalue weighted by Gasteiger charge is 2.20. The molecule has 2 heterocycles. The van der Waals surface area contributed by atoms with Gasteiger partial charge in [-0.1, -0.05) is 17.7 Å². The molecule has 0 radical (unpaired) electrons. The molecule has 2 aromatic heterocycles. The van der Waals surface area contributed by atoms with E-state index in [9.17, 15) is 4.79 Å². The lowest BCUT2D eigenvalue weighted by atomic mass is 10.2. The number of hydrogen-bond donors (Lipinski definition) is 0. The predicted octanol–water partition coefficient (Wildman–Crippen LogP) is 2.58. The molecule has 0 unspecified atom stereocenters. The van der Waals surface area contributed by atoms with Crippen LogP contribution in [0.4, 0.5) is 0 Å². The fraction of sp³-hybridized carbons (Fsp3) is 0.286. The maximum absolute atomic E-state index is 12.5. The molecule has 0 saturated carbocycles. The van der Waals surface area contributed by atoms with Crippen molar-refractivity contribution in [1.29, 1.82) is 0 Å². The molecule has 20 heavy (non-hydrogen) atoms. The van der Waals surface area contributed by atoms with Gasteiger partial charge in [-0.05, 0) is 25.5 Å². The monoisotopic (exact) mass is 290 g/mol. The van der Waals surface area contributed by atoms with Crippen molar-refractivity contribution >= 4 is 17.5 Å². The van der Waals surface area contributed by atoms with Gasteiger partial charge in [-0.3, -0.25) is 14.8 Å². The normalized spacial score (nSPS) is 10.6. The summed E-state index contributed by atoms with van der Waals surface area (Å²) >= 11 is 5.78. The van der Waals surface area contributed by atoms with Crippen LogP contribution in [0.2, 0.25) is 5.15 Å². The first-order valence-corrected chi connectivity index (χ1v) is 6.63.